The van der Waals surface area contributed by atoms with Gasteiger partial charge in [0, 0.05) is 62.6 Å². The fourth-order valence-corrected chi connectivity index (χ4v) is 4.67. The van der Waals surface area contributed by atoms with Gasteiger partial charge in [0.2, 0.25) is 5.91 Å². The molecule has 1 N–H and O–H groups in total. The Morgan fingerprint density at radius 3 is 2.81 bits per heavy atom. The van der Waals surface area contributed by atoms with Crippen LogP contribution in [0, 0.1) is 0 Å². The van der Waals surface area contributed by atoms with Gasteiger partial charge in [0.15, 0.2) is 0 Å². The van der Waals surface area contributed by atoms with E-state index >= 15 is 0 Å². The van der Waals surface area contributed by atoms with Crippen molar-refractivity contribution in [2.24, 2.45) is 0 Å². The smallest absolute Gasteiger partial charge is 0.236 e. The molecule has 3 aliphatic rings. The normalized spacial score (nSPS) is 22.4. The number of rotatable bonds is 3. The van der Waals surface area contributed by atoms with E-state index in [1.54, 1.807) is 0 Å². The number of amides is 1. The van der Waals surface area contributed by atoms with E-state index < -0.39 is 0 Å². The molecular weight excluding hydrogens is 326 g/mol. The third-order valence-electron chi connectivity index (χ3n) is 6.47. The summed E-state index contributed by atoms with van der Waals surface area (Å²) in [6.45, 7) is 6.22. The molecule has 138 valence electrons. The van der Waals surface area contributed by atoms with E-state index in [2.05, 4.69) is 30.7 Å². The minimum absolute atomic E-state index is 0.291. The Kier molecular flexibility index (Phi) is 4.17. The van der Waals surface area contributed by atoms with E-state index in [0.29, 0.717) is 12.5 Å². The average Bonchev–Trinajstić information content (AvgIpc) is 2.98. The van der Waals surface area contributed by atoms with Crippen molar-refractivity contribution in [1.29, 1.82) is 0 Å². The van der Waals surface area contributed by atoms with Crippen molar-refractivity contribution in [2.45, 2.75) is 38.3 Å². The van der Waals surface area contributed by atoms with Crippen LogP contribution in [-0.4, -0.2) is 75.9 Å². The van der Waals surface area contributed by atoms with Crippen molar-refractivity contribution >= 4 is 16.8 Å². The maximum Gasteiger partial charge on any atom is 0.236 e. The van der Waals surface area contributed by atoms with Crippen molar-refractivity contribution in [3.8, 4) is 0 Å². The van der Waals surface area contributed by atoms with Gasteiger partial charge < -0.3 is 9.88 Å². The van der Waals surface area contributed by atoms with E-state index in [-0.39, 0.29) is 0 Å². The minimum atomic E-state index is 0.291. The van der Waals surface area contributed by atoms with Crippen LogP contribution in [0.4, 0.5) is 0 Å². The van der Waals surface area contributed by atoms with Gasteiger partial charge in [0.05, 0.1) is 18.3 Å². The molecule has 6 nitrogen and oxygen atoms in total. The number of nitrogens with one attached hydrogen (secondary N) is 1. The van der Waals surface area contributed by atoms with Crippen LogP contribution in [0.5, 0.6) is 0 Å². The second-order valence-corrected chi connectivity index (χ2v) is 7.97. The Bertz CT molecular complexity index is 804. The lowest BCUT2D eigenvalue weighted by Crippen LogP contribution is -2.55. The maximum atomic E-state index is 12.8. The summed E-state index contributed by atoms with van der Waals surface area (Å²) in [4.78, 5) is 27.4. The zero-order chi connectivity index (χ0) is 17.5. The number of aromatic nitrogens is 2. The van der Waals surface area contributed by atoms with Gasteiger partial charge >= 0.3 is 0 Å². The first-order valence-electron chi connectivity index (χ1n) is 9.95. The van der Waals surface area contributed by atoms with Gasteiger partial charge in [-0.15, -0.1) is 0 Å². The summed E-state index contributed by atoms with van der Waals surface area (Å²) >= 11 is 0. The average molecular weight is 353 g/mol. The molecular formula is C20H27N5O. The van der Waals surface area contributed by atoms with Gasteiger partial charge in [-0.3, -0.25) is 19.6 Å². The number of carbonyl (C=O) groups excluding carboxylic acids is 1. The zero-order valence-electron chi connectivity index (χ0n) is 15.3. The van der Waals surface area contributed by atoms with Crippen LogP contribution in [0.2, 0.25) is 0 Å². The minimum Gasteiger partial charge on any atom is -0.356 e. The molecule has 2 aromatic heterocycles. The first-order chi connectivity index (χ1) is 12.8. The van der Waals surface area contributed by atoms with Gasteiger partial charge in [0.1, 0.15) is 0 Å². The molecule has 0 radical (unpaired) electrons. The van der Waals surface area contributed by atoms with Crippen molar-refractivity contribution in [1.82, 2.24) is 24.7 Å². The molecule has 2 aliphatic heterocycles. The van der Waals surface area contributed by atoms with Gasteiger partial charge in [-0.25, -0.2) is 0 Å². The molecule has 0 spiro atoms. The molecule has 0 unspecified atom stereocenters. The molecule has 0 bridgehead atoms. The Labute approximate surface area is 154 Å². The van der Waals surface area contributed by atoms with E-state index in [1.807, 2.05) is 12.4 Å². The topological polar surface area (TPSA) is 55.5 Å². The van der Waals surface area contributed by atoms with Crippen LogP contribution >= 0.6 is 0 Å². The summed E-state index contributed by atoms with van der Waals surface area (Å²) < 4.78 is 0. The summed E-state index contributed by atoms with van der Waals surface area (Å²) in [6, 6.07) is 2.89. The van der Waals surface area contributed by atoms with Crippen LogP contribution in [0.25, 0.3) is 10.9 Å². The number of carbonyl (C=O) groups is 1. The molecule has 1 aliphatic carbocycles. The molecule has 0 aromatic carbocycles. The van der Waals surface area contributed by atoms with Crippen LogP contribution in [-0.2, 0) is 17.8 Å². The standard InChI is InChI=1S/C20H27N5O/c26-20(25-10-8-24(9-11-25)15-2-1-3-15)14-23-7-5-17-16-4-6-21-12-18(16)22-19(17)13-23/h4,6,12,15,22H,1-3,5,7-11,13-14H2. The first kappa shape index (κ1) is 16.3. The Morgan fingerprint density at radius 1 is 1.19 bits per heavy atom. The van der Waals surface area contributed by atoms with Crippen molar-refractivity contribution in [3.63, 3.8) is 0 Å². The number of pyridine rings is 1. The predicted molar refractivity (Wildman–Crippen MR) is 101 cm³/mol. The molecule has 4 heterocycles. The summed E-state index contributed by atoms with van der Waals surface area (Å²) in [5, 5.41) is 1.29. The van der Waals surface area contributed by atoms with Crippen molar-refractivity contribution in [2.75, 3.05) is 39.3 Å². The molecule has 2 aromatic rings. The highest BCUT2D eigenvalue weighted by atomic mass is 16.2. The highest BCUT2D eigenvalue weighted by molar-refractivity contribution is 5.84. The van der Waals surface area contributed by atoms with E-state index in [4.69, 9.17) is 0 Å². The number of H-pyrrole nitrogens is 1. The summed E-state index contributed by atoms with van der Waals surface area (Å²) in [5.74, 6) is 0.291. The van der Waals surface area contributed by atoms with E-state index in [9.17, 15) is 4.79 Å². The molecule has 2 fully saturated rings. The van der Waals surface area contributed by atoms with Gasteiger partial charge in [-0.1, -0.05) is 6.42 Å². The predicted octanol–water partition coefficient (Wildman–Crippen LogP) is 1.62. The van der Waals surface area contributed by atoms with Crippen molar-refractivity contribution in [3.05, 3.63) is 29.7 Å². The second kappa shape index (κ2) is 6.67. The zero-order valence-corrected chi connectivity index (χ0v) is 15.3. The molecule has 1 amide bonds. The molecule has 1 saturated carbocycles. The fraction of sp³-hybridized carbons (Fsp3) is 0.600. The third kappa shape index (κ3) is 2.91. The van der Waals surface area contributed by atoms with Gasteiger partial charge in [0.25, 0.3) is 0 Å². The van der Waals surface area contributed by atoms with Crippen LogP contribution in [0.1, 0.15) is 30.5 Å². The highest BCUT2D eigenvalue weighted by Crippen LogP contribution is 2.27. The van der Waals surface area contributed by atoms with Crippen LogP contribution in [0.3, 0.4) is 0 Å². The van der Waals surface area contributed by atoms with Crippen molar-refractivity contribution < 1.29 is 4.79 Å². The second-order valence-electron chi connectivity index (χ2n) is 7.97. The number of hydrogen-bond donors (Lipinski definition) is 1. The highest BCUT2D eigenvalue weighted by Gasteiger charge is 2.30. The van der Waals surface area contributed by atoms with Crippen LogP contribution in [0.15, 0.2) is 18.5 Å². The quantitative estimate of drug-likeness (QED) is 0.911. The molecule has 6 heteroatoms. The first-order valence-corrected chi connectivity index (χ1v) is 9.95. The Hall–Kier alpha value is -1.92. The SMILES string of the molecule is O=C(CN1CCc2c([nH]c3cnccc23)C1)N1CCN(C2CCC2)CC1. The molecule has 5 rings (SSSR count). The Morgan fingerprint density at radius 2 is 2.04 bits per heavy atom. The van der Waals surface area contributed by atoms with E-state index in [0.717, 1.165) is 57.2 Å². The summed E-state index contributed by atoms with van der Waals surface area (Å²) in [6.07, 6.45) is 8.83. The lowest BCUT2D eigenvalue weighted by Gasteiger charge is -2.43. The summed E-state index contributed by atoms with van der Waals surface area (Å²) in [7, 11) is 0. The largest absolute Gasteiger partial charge is 0.356 e. The summed E-state index contributed by atoms with van der Waals surface area (Å²) in [5.41, 5.74) is 3.76. The van der Waals surface area contributed by atoms with Crippen LogP contribution < -0.4 is 0 Å². The van der Waals surface area contributed by atoms with E-state index in [1.165, 1.54) is 35.9 Å². The number of fused-ring (bicyclic) bond motifs is 3. The monoisotopic (exact) mass is 353 g/mol. The van der Waals surface area contributed by atoms with Gasteiger partial charge in [-0.2, -0.15) is 0 Å². The lowest BCUT2D eigenvalue weighted by atomic mass is 9.91. The molecule has 26 heavy (non-hydrogen) atoms. The fourth-order valence-electron chi connectivity index (χ4n) is 4.67. The Balaban J connectivity index is 1.19. The molecule has 1 saturated heterocycles. The number of hydrogen-bond acceptors (Lipinski definition) is 4. The number of nitrogens with zero attached hydrogens (tertiary/aromatic N) is 4. The molecule has 0 atom stereocenters. The lowest BCUT2D eigenvalue weighted by molar-refractivity contribution is -0.135. The number of piperazine rings is 1. The number of aromatic amines is 1. The third-order valence-corrected chi connectivity index (χ3v) is 6.47. The maximum absolute atomic E-state index is 12.8. The van der Waals surface area contributed by atoms with Gasteiger partial charge in [-0.05, 0) is 30.9 Å².